The minimum absolute atomic E-state index is 0.107. The van der Waals surface area contributed by atoms with Gasteiger partial charge in [0.2, 0.25) is 11.8 Å². The Bertz CT molecular complexity index is 880. The van der Waals surface area contributed by atoms with Gasteiger partial charge in [-0.2, -0.15) is 0 Å². The van der Waals surface area contributed by atoms with Gasteiger partial charge in [0, 0.05) is 39.2 Å². The maximum Gasteiger partial charge on any atom is 0.262 e. The van der Waals surface area contributed by atoms with E-state index in [1.54, 1.807) is 18.2 Å². The van der Waals surface area contributed by atoms with Crippen molar-refractivity contribution in [3.63, 3.8) is 0 Å². The first kappa shape index (κ1) is 19.7. The quantitative estimate of drug-likeness (QED) is 0.531. The fourth-order valence-corrected chi connectivity index (χ4v) is 4.05. The number of imide groups is 2. The van der Waals surface area contributed by atoms with Gasteiger partial charge in [-0.15, -0.1) is 0 Å². The second-order valence-corrected chi connectivity index (χ2v) is 7.65. The van der Waals surface area contributed by atoms with Crippen molar-refractivity contribution in [2.75, 3.05) is 26.2 Å². The highest BCUT2D eigenvalue weighted by Crippen LogP contribution is 2.28. The fraction of sp³-hybridized carbons (Fsp3) is 0.500. The van der Waals surface area contributed by atoms with E-state index in [4.69, 9.17) is 4.74 Å². The van der Waals surface area contributed by atoms with Crippen LogP contribution in [0.2, 0.25) is 0 Å². The van der Waals surface area contributed by atoms with Gasteiger partial charge in [-0.3, -0.25) is 29.4 Å². The van der Waals surface area contributed by atoms with Gasteiger partial charge in [0.05, 0.1) is 11.1 Å². The molecule has 1 aromatic rings. The molecule has 1 unspecified atom stereocenters. The van der Waals surface area contributed by atoms with Crippen LogP contribution in [0.3, 0.4) is 0 Å². The third-order valence-electron chi connectivity index (χ3n) is 5.63. The summed E-state index contributed by atoms with van der Waals surface area (Å²) in [6.07, 6.45) is 0.257. The van der Waals surface area contributed by atoms with Crippen molar-refractivity contribution in [3.05, 3.63) is 34.9 Å². The van der Waals surface area contributed by atoms with Crippen LogP contribution in [-0.2, 0) is 20.9 Å². The molecule has 154 valence electrons. The average Bonchev–Trinajstić information content (AvgIpc) is 2.90. The number of hydrogen-bond acceptors (Lipinski definition) is 7. The minimum Gasteiger partial charge on any atom is -0.371 e. The molecule has 9 nitrogen and oxygen atoms in total. The van der Waals surface area contributed by atoms with Gasteiger partial charge in [-0.25, -0.2) is 0 Å². The lowest BCUT2D eigenvalue weighted by Crippen LogP contribution is -2.65. The van der Waals surface area contributed by atoms with E-state index >= 15 is 0 Å². The molecule has 1 atom stereocenters. The fourth-order valence-electron chi connectivity index (χ4n) is 4.05. The molecule has 0 radical (unpaired) electrons. The van der Waals surface area contributed by atoms with Crippen molar-refractivity contribution >= 4 is 23.6 Å². The Labute approximate surface area is 168 Å². The summed E-state index contributed by atoms with van der Waals surface area (Å²) in [6.45, 7) is 5.42. The maximum absolute atomic E-state index is 12.9. The van der Waals surface area contributed by atoms with Crippen molar-refractivity contribution < 1.29 is 23.9 Å². The molecule has 2 saturated heterocycles. The zero-order valence-corrected chi connectivity index (χ0v) is 16.2. The minimum atomic E-state index is -0.946. The summed E-state index contributed by atoms with van der Waals surface area (Å²) >= 11 is 0. The van der Waals surface area contributed by atoms with E-state index in [2.05, 4.69) is 16.0 Å². The molecule has 29 heavy (non-hydrogen) atoms. The first-order valence-corrected chi connectivity index (χ1v) is 9.84. The summed E-state index contributed by atoms with van der Waals surface area (Å²) < 4.78 is 5.82. The number of carbonyl (C=O) groups is 4. The van der Waals surface area contributed by atoms with Crippen LogP contribution in [0.1, 0.15) is 46.0 Å². The molecule has 3 aliphatic heterocycles. The van der Waals surface area contributed by atoms with Crippen LogP contribution in [0.5, 0.6) is 0 Å². The Kier molecular flexibility index (Phi) is 5.20. The van der Waals surface area contributed by atoms with Crippen LogP contribution in [-0.4, -0.2) is 66.4 Å². The Morgan fingerprint density at radius 3 is 2.59 bits per heavy atom. The zero-order valence-electron chi connectivity index (χ0n) is 16.2. The zero-order chi connectivity index (χ0) is 20.6. The largest absolute Gasteiger partial charge is 0.371 e. The van der Waals surface area contributed by atoms with Crippen molar-refractivity contribution in [2.24, 2.45) is 0 Å². The number of amides is 4. The summed E-state index contributed by atoms with van der Waals surface area (Å²) in [4.78, 5) is 50.0. The van der Waals surface area contributed by atoms with Crippen LogP contribution >= 0.6 is 0 Å². The number of ether oxygens (including phenoxy) is 1. The van der Waals surface area contributed by atoms with Gasteiger partial charge in [0.25, 0.3) is 11.8 Å². The number of hydrogen-bond donors (Lipinski definition) is 3. The second kappa shape index (κ2) is 7.66. The average molecular weight is 400 g/mol. The molecule has 1 aromatic carbocycles. The first-order valence-electron chi connectivity index (χ1n) is 9.84. The van der Waals surface area contributed by atoms with Gasteiger partial charge in [-0.1, -0.05) is 6.07 Å². The number of piperidine rings is 1. The van der Waals surface area contributed by atoms with Crippen LogP contribution < -0.4 is 16.0 Å². The molecule has 0 bridgehead atoms. The molecule has 3 aliphatic rings. The van der Waals surface area contributed by atoms with Crippen molar-refractivity contribution in [3.8, 4) is 0 Å². The van der Waals surface area contributed by atoms with Crippen molar-refractivity contribution in [1.29, 1.82) is 0 Å². The number of carbonyl (C=O) groups excluding carboxylic acids is 4. The van der Waals surface area contributed by atoms with Crippen LogP contribution in [0.25, 0.3) is 0 Å². The predicted octanol–water partition coefficient (Wildman–Crippen LogP) is -0.444. The van der Waals surface area contributed by atoms with Crippen molar-refractivity contribution in [2.45, 2.75) is 38.0 Å². The Morgan fingerprint density at radius 2 is 1.93 bits per heavy atom. The third-order valence-corrected chi connectivity index (χ3v) is 5.63. The lowest BCUT2D eigenvalue weighted by atomic mass is 9.96. The second-order valence-electron chi connectivity index (χ2n) is 7.65. The topological polar surface area (TPSA) is 117 Å². The SMILES string of the molecule is CCOC1(CNCc2ccc3c(c2)C(=O)N(C2CCC(=O)NC2=O)C3=O)CNC1. The van der Waals surface area contributed by atoms with E-state index in [9.17, 15) is 19.2 Å². The van der Waals surface area contributed by atoms with Crippen LogP contribution in [0.4, 0.5) is 0 Å². The molecule has 0 aromatic heterocycles. The first-order chi connectivity index (χ1) is 13.9. The third kappa shape index (κ3) is 3.57. The normalized spacial score (nSPS) is 23.1. The summed E-state index contributed by atoms with van der Waals surface area (Å²) in [6, 6.07) is 4.18. The number of nitrogens with one attached hydrogen (secondary N) is 3. The maximum atomic E-state index is 12.9. The molecule has 0 aliphatic carbocycles. The highest BCUT2D eigenvalue weighted by molar-refractivity contribution is 6.23. The van der Waals surface area contributed by atoms with E-state index in [-0.39, 0.29) is 29.9 Å². The van der Waals surface area contributed by atoms with E-state index in [1.807, 2.05) is 6.92 Å². The number of rotatable bonds is 7. The van der Waals surface area contributed by atoms with Gasteiger partial charge < -0.3 is 15.4 Å². The van der Waals surface area contributed by atoms with E-state index in [1.165, 1.54) is 0 Å². The van der Waals surface area contributed by atoms with Gasteiger partial charge in [0.1, 0.15) is 11.6 Å². The van der Waals surface area contributed by atoms with Gasteiger partial charge in [0.15, 0.2) is 0 Å². The molecule has 3 N–H and O–H groups in total. The summed E-state index contributed by atoms with van der Waals surface area (Å²) in [5, 5.41) is 8.77. The van der Waals surface area contributed by atoms with E-state index in [0.717, 1.165) is 23.6 Å². The Morgan fingerprint density at radius 1 is 1.17 bits per heavy atom. The summed E-state index contributed by atoms with van der Waals surface area (Å²) in [5.74, 6) is -1.97. The van der Waals surface area contributed by atoms with E-state index in [0.29, 0.717) is 25.3 Å². The Hall–Kier alpha value is -2.62. The molecule has 0 spiro atoms. The van der Waals surface area contributed by atoms with Gasteiger partial charge in [-0.05, 0) is 31.0 Å². The molecular weight excluding hydrogens is 376 g/mol. The number of nitrogens with zero attached hydrogens (tertiary/aromatic N) is 1. The molecule has 9 heteroatoms. The molecular formula is C20H24N4O5. The lowest BCUT2D eigenvalue weighted by Gasteiger charge is -2.42. The van der Waals surface area contributed by atoms with E-state index < -0.39 is 23.8 Å². The van der Waals surface area contributed by atoms with Crippen molar-refractivity contribution in [1.82, 2.24) is 20.9 Å². The molecule has 2 fully saturated rings. The summed E-state index contributed by atoms with van der Waals surface area (Å²) in [7, 11) is 0. The summed E-state index contributed by atoms with van der Waals surface area (Å²) in [5.41, 5.74) is 1.26. The molecule has 4 amide bonds. The number of benzene rings is 1. The molecule has 3 heterocycles. The smallest absolute Gasteiger partial charge is 0.262 e. The standard InChI is InChI=1S/C20H24N4O5/c1-2-29-20(10-22-11-20)9-21-8-12-3-4-13-14(7-12)19(28)24(18(13)27)15-5-6-16(25)23-17(15)26/h3-4,7,15,21-22H,2,5-6,8-11H2,1H3,(H,23,25,26). The van der Waals surface area contributed by atoms with Crippen LogP contribution in [0.15, 0.2) is 18.2 Å². The number of fused-ring (bicyclic) bond motifs is 1. The van der Waals surface area contributed by atoms with Gasteiger partial charge >= 0.3 is 0 Å². The predicted molar refractivity (Wildman–Crippen MR) is 102 cm³/mol. The lowest BCUT2D eigenvalue weighted by molar-refractivity contribution is -0.136. The highest BCUT2D eigenvalue weighted by Gasteiger charge is 2.44. The monoisotopic (exact) mass is 400 g/mol. The molecule has 0 saturated carbocycles. The molecule has 4 rings (SSSR count). The van der Waals surface area contributed by atoms with Crippen LogP contribution in [0, 0.1) is 0 Å². The Balaban J connectivity index is 1.44. The highest BCUT2D eigenvalue weighted by atomic mass is 16.5.